The molecule has 0 spiro atoms. The zero-order valence-corrected chi connectivity index (χ0v) is 15.3. The topological polar surface area (TPSA) is 101 Å². The third-order valence-electron chi connectivity index (χ3n) is 3.53. The molecule has 0 aliphatic heterocycles. The minimum atomic E-state index is -3.49. The first-order valence-electron chi connectivity index (χ1n) is 7.48. The Balaban J connectivity index is 0.00000484. The number of nitrogens with one attached hydrogen (secondary N) is 2. The first-order chi connectivity index (χ1) is 10.3. The highest BCUT2D eigenvalue weighted by atomic mass is 35.5. The summed E-state index contributed by atoms with van der Waals surface area (Å²) in [5.41, 5.74) is 6.38. The number of sulfonamides is 1. The lowest BCUT2D eigenvalue weighted by atomic mass is 9.99. The maximum Gasteiger partial charge on any atom is 0.241 e. The predicted octanol–water partition coefficient (Wildman–Crippen LogP) is 2.11. The molecule has 0 aliphatic rings. The monoisotopic (exact) mass is 363 g/mol. The fourth-order valence-corrected chi connectivity index (χ4v) is 2.91. The highest BCUT2D eigenvalue weighted by Crippen LogP contribution is 2.15. The van der Waals surface area contributed by atoms with Crippen LogP contribution in [0.15, 0.2) is 29.2 Å². The van der Waals surface area contributed by atoms with Gasteiger partial charge in [-0.1, -0.05) is 27.2 Å². The average Bonchev–Trinajstić information content (AvgIpc) is 2.51. The molecular formula is C15H26ClN3O3S. The summed E-state index contributed by atoms with van der Waals surface area (Å²) in [6.45, 7) is 6.17. The summed E-state index contributed by atoms with van der Waals surface area (Å²) in [6.07, 6.45) is 1.54. The van der Waals surface area contributed by atoms with E-state index in [-0.39, 0.29) is 29.1 Å². The molecule has 0 aliphatic carbocycles. The number of nitrogens with two attached hydrogens (primary N) is 1. The molecule has 4 N–H and O–H groups in total. The van der Waals surface area contributed by atoms with Crippen LogP contribution >= 0.6 is 12.4 Å². The van der Waals surface area contributed by atoms with Gasteiger partial charge in [0.25, 0.3) is 0 Å². The molecule has 6 nitrogen and oxygen atoms in total. The van der Waals surface area contributed by atoms with Crippen LogP contribution in [0.1, 0.15) is 33.6 Å². The van der Waals surface area contributed by atoms with Gasteiger partial charge in [-0.25, -0.2) is 13.1 Å². The zero-order valence-electron chi connectivity index (χ0n) is 13.7. The standard InChI is InChI=1S/C15H25N3O3S.ClH/c1-4-10-17-22(20,21)13-8-6-12(7-9-13)18-15(19)14(16)11(3)5-2;/h6-9,11,14,17H,4-5,10,16H2,1-3H3,(H,18,19);1H. The number of rotatable bonds is 8. The number of hydrogen-bond acceptors (Lipinski definition) is 4. The molecule has 1 amide bonds. The molecule has 1 rings (SSSR count). The van der Waals surface area contributed by atoms with Gasteiger partial charge in [0, 0.05) is 12.2 Å². The van der Waals surface area contributed by atoms with Gasteiger partial charge in [0.05, 0.1) is 10.9 Å². The Morgan fingerprint density at radius 1 is 1.22 bits per heavy atom. The van der Waals surface area contributed by atoms with Crippen LogP contribution in [0, 0.1) is 5.92 Å². The van der Waals surface area contributed by atoms with Crippen molar-refractivity contribution in [2.45, 2.75) is 44.6 Å². The van der Waals surface area contributed by atoms with Gasteiger partial charge in [-0.2, -0.15) is 0 Å². The normalized spacial score (nSPS) is 13.7. The molecule has 0 saturated carbocycles. The van der Waals surface area contributed by atoms with Gasteiger partial charge >= 0.3 is 0 Å². The first kappa shape index (κ1) is 21.9. The van der Waals surface area contributed by atoms with Crippen LogP contribution < -0.4 is 15.8 Å². The van der Waals surface area contributed by atoms with Gasteiger partial charge in [-0.3, -0.25) is 4.79 Å². The minimum absolute atomic E-state index is 0. The van der Waals surface area contributed by atoms with Crippen LogP contribution in [0.25, 0.3) is 0 Å². The van der Waals surface area contributed by atoms with Crippen molar-refractivity contribution in [3.63, 3.8) is 0 Å². The highest BCUT2D eigenvalue weighted by Gasteiger charge is 2.19. The number of carbonyl (C=O) groups is 1. The fourth-order valence-electron chi connectivity index (χ4n) is 1.78. The van der Waals surface area contributed by atoms with Gasteiger partial charge in [0.1, 0.15) is 0 Å². The molecule has 1 aromatic rings. The lowest BCUT2D eigenvalue weighted by Crippen LogP contribution is -2.40. The van der Waals surface area contributed by atoms with E-state index in [2.05, 4.69) is 10.0 Å². The van der Waals surface area contributed by atoms with E-state index < -0.39 is 16.1 Å². The van der Waals surface area contributed by atoms with Crippen molar-refractivity contribution in [2.24, 2.45) is 11.7 Å². The number of carbonyl (C=O) groups excluding carboxylic acids is 1. The summed E-state index contributed by atoms with van der Waals surface area (Å²) in [5, 5.41) is 2.70. The van der Waals surface area contributed by atoms with Crippen molar-refractivity contribution in [3.8, 4) is 0 Å². The van der Waals surface area contributed by atoms with Crippen molar-refractivity contribution in [1.82, 2.24) is 4.72 Å². The number of amides is 1. The number of benzene rings is 1. The van der Waals surface area contributed by atoms with Crippen molar-refractivity contribution >= 4 is 34.0 Å². The Kier molecular flexibility index (Phi) is 9.38. The molecule has 2 unspecified atom stereocenters. The van der Waals surface area contributed by atoms with Gasteiger partial charge in [0.2, 0.25) is 15.9 Å². The van der Waals surface area contributed by atoms with E-state index in [1.807, 2.05) is 20.8 Å². The molecule has 8 heteroatoms. The van der Waals surface area contributed by atoms with E-state index >= 15 is 0 Å². The molecule has 132 valence electrons. The molecule has 0 aromatic heterocycles. The van der Waals surface area contributed by atoms with E-state index in [9.17, 15) is 13.2 Å². The van der Waals surface area contributed by atoms with Gasteiger partial charge in [0.15, 0.2) is 0 Å². The van der Waals surface area contributed by atoms with E-state index in [0.717, 1.165) is 12.8 Å². The molecule has 0 saturated heterocycles. The van der Waals surface area contributed by atoms with Gasteiger partial charge in [-0.15, -0.1) is 12.4 Å². The maximum atomic E-state index is 12.0. The Morgan fingerprint density at radius 2 is 1.78 bits per heavy atom. The minimum Gasteiger partial charge on any atom is -0.325 e. The molecule has 2 atom stereocenters. The van der Waals surface area contributed by atoms with Crippen LogP contribution in [-0.4, -0.2) is 26.9 Å². The summed E-state index contributed by atoms with van der Waals surface area (Å²) in [4.78, 5) is 12.1. The van der Waals surface area contributed by atoms with Crippen LogP contribution in [-0.2, 0) is 14.8 Å². The molecule has 0 radical (unpaired) electrons. The van der Waals surface area contributed by atoms with Crippen LogP contribution in [0.4, 0.5) is 5.69 Å². The summed E-state index contributed by atoms with van der Waals surface area (Å²) < 4.78 is 26.4. The first-order valence-corrected chi connectivity index (χ1v) is 8.96. The quantitative estimate of drug-likeness (QED) is 0.658. The molecule has 0 fully saturated rings. The SMILES string of the molecule is CCCNS(=O)(=O)c1ccc(NC(=O)C(N)C(C)CC)cc1.Cl. The van der Waals surface area contributed by atoms with E-state index in [1.54, 1.807) is 12.1 Å². The largest absolute Gasteiger partial charge is 0.325 e. The number of hydrogen-bond donors (Lipinski definition) is 3. The molecule has 23 heavy (non-hydrogen) atoms. The Hall–Kier alpha value is -1.15. The second-order valence-electron chi connectivity index (χ2n) is 5.32. The molecular weight excluding hydrogens is 338 g/mol. The third-order valence-corrected chi connectivity index (χ3v) is 5.01. The van der Waals surface area contributed by atoms with E-state index in [0.29, 0.717) is 12.2 Å². The molecule has 1 aromatic carbocycles. The smallest absolute Gasteiger partial charge is 0.241 e. The second kappa shape index (κ2) is 9.87. The van der Waals surface area contributed by atoms with Crippen molar-refractivity contribution in [2.75, 3.05) is 11.9 Å². The van der Waals surface area contributed by atoms with Crippen LogP contribution in [0.2, 0.25) is 0 Å². The number of anilines is 1. The van der Waals surface area contributed by atoms with E-state index in [4.69, 9.17) is 5.73 Å². The van der Waals surface area contributed by atoms with E-state index in [1.165, 1.54) is 12.1 Å². The van der Waals surface area contributed by atoms with Gasteiger partial charge < -0.3 is 11.1 Å². The number of halogens is 1. The van der Waals surface area contributed by atoms with Crippen LogP contribution in [0.3, 0.4) is 0 Å². The summed E-state index contributed by atoms with van der Waals surface area (Å²) >= 11 is 0. The lowest BCUT2D eigenvalue weighted by Gasteiger charge is -2.17. The Morgan fingerprint density at radius 3 is 2.26 bits per heavy atom. The van der Waals surface area contributed by atoms with Gasteiger partial charge in [-0.05, 0) is 36.6 Å². The molecule has 0 bridgehead atoms. The lowest BCUT2D eigenvalue weighted by molar-refractivity contribution is -0.118. The summed E-state index contributed by atoms with van der Waals surface area (Å²) in [6, 6.07) is 5.45. The summed E-state index contributed by atoms with van der Waals surface area (Å²) in [7, 11) is -3.49. The third kappa shape index (κ3) is 6.47. The Labute approximate surface area is 144 Å². The zero-order chi connectivity index (χ0) is 16.8. The maximum absolute atomic E-state index is 12.0. The molecule has 0 heterocycles. The van der Waals surface area contributed by atoms with Crippen molar-refractivity contribution in [1.29, 1.82) is 0 Å². The second-order valence-corrected chi connectivity index (χ2v) is 7.09. The predicted molar refractivity (Wildman–Crippen MR) is 95.2 cm³/mol. The summed E-state index contributed by atoms with van der Waals surface area (Å²) in [5.74, 6) is -0.188. The van der Waals surface area contributed by atoms with Crippen molar-refractivity contribution in [3.05, 3.63) is 24.3 Å². The average molecular weight is 364 g/mol. The van der Waals surface area contributed by atoms with Crippen molar-refractivity contribution < 1.29 is 13.2 Å². The Bertz CT molecular complexity index is 590. The fraction of sp³-hybridized carbons (Fsp3) is 0.533. The van der Waals surface area contributed by atoms with Crippen LogP contribution in [0.5, 0.6) is 0 Å². The highest BCUT2D eigenvalue weighted by molar-refractivity contribution is 7.89.